The van der Waals surface area contributed by atoms with Crippen LogP contribution < -0.4 is 0 Å². The summed E-state index contributed by atoms with van der Waals surface area (Å²) in [5, 5.41) is 0. The molecular weight excluding hydrogens is 321 g/mol. The summed E-state index contributed by atoms with van der Waals surface area (Å²) in [7, 11) is 0. The summed E-state index contributed by atoms with van der Waals surface area (Å²) in [5.74, 6) is 0.0515. The lowest BCUT2D eigenvalue weighted by Gasteiger charge is -2.29. The molecule has 0 amide bonds. The van der Waals surface area contributed by atoms with Crippen LogP contribution >= 0.6 is 15.9 Å². The molecule has 2 nitrogen and oxygen atoms in total. The molecule has 1 fully saturated rings. The van der Waals surface area contributed by atoms with Crippen molar-refractivity contribution in [2.24, 2.45) is 0 Å². The lowest BCUT2D eigenvalue weighted by atomic mass is 10.0. The highest BCUT2D eigenvalue weighted by atomic mass is 79.9. The first-order valence-corrected chi connectivity index (χ1v) is 8.03. The highest BCUT2D eigenvalue weighted by molar-refractivity contribution is 9.10. The van der Waals surface area contributed by atoms with Crippen molar-refractivity contribution in [2.75, 3.05) is 6.54 Å². The predicted molar refractivity (Wildman–Crippen MR) is 82.1 cm³/mol. The number of hydrogen-bond donors (Lipinski definition) is 0. The fraction of sp³-hybridized carbons (Fsp3) is 0.562. The van der Waals surface area contributed by atoms with E-state index in [4.69, 9.17) is 0 Å². The molecule has 2 rings (SSSR count). The Balaban J connectivity index is 2.14. The van der Waals surface area contributed by atoms with Crippen LogP contribution in [0.1, 0.15) is 44.6 Å². The fourth-order valence-electron chi connectivity index (χ4n) is 2.89. The first kappa shape index (κ1) is 15.6. The van der Waals surface area contributed by atoms with Gasteiger partial charge in [0.05, 0.1) is 0 Å². The van der Waals surface area contributed by atoms with Crippen molar-refractivity contribution in [1.82, 2.24) is 4.90 Å². The second-order valence-corrected chi connectivity index (χ2v) is 6.53. The van der Waals surface area contributed by atoms with Crippen LogP contribution in [0.4, 0.5) is 4.39 Å². The van der Waals surface area contributed by atoms with Crippen molar-refractivity contribution >= 4 is 21.7 Å². The molecule has 4 heteroatoms. The van der Waals surface area contributed by atoms with E-state index in [1.807, 2.05) is 6.07 Å². The summed E-state index contributed by atoms with van der Waals surface area (Å²) in [6.07, 6.45) is 5.11. The van der Waals surface area contributed by atoms with Gasteiger partial charge in [0, 0.05) is 29.0 Å². The van der Waals surface area contributed by atoms with Crippen LogP contribution in [0.25, 0.3) is 0 Å². The van der Waals surface area contributed by atoms with Crippen molar-refractivity contribution in [3.63, 3.8) is 0 Å². The van der Waals surface area contributed by atoms with Crippen LogP contribution in [0, 0.1) is 5.82 Å². The van der Waals surface area contributed by atoms with E-state index in [0.29, 0.717) is 18.5 Å². The molecule has 110 valence electrons. The lowest BCUT2D eigenvalue weighted by molar-refractivity contribution is -0.118. The number of halogens is 2. The first-order valence-electron chi connectivity index (χ1n) is 7.23. The Labute approximate surface area is 128 Å². The van der Waals surface area contributed by atoms with E-state index in [-0.39, 0.29) is 17.6 Å². The van der Waals surface area contributed by atoms with Gasteiger partial charge in [-0.1, -0.05) is 28.8 Å². The van der Waals surface area contributed by atoms with Gasteiger partial charge in [-0.3, -0.25) is 9.69 Å². The molecule has 1 aliphatic heterocycles. The van der Waals surface area contributed by atoms with E-state index in [2.05, 4.69) is 20.8 Å². The largest absolute Gasteiger partial charge is 0.300 e. The summed E-state index contributed by atoms with van der Waals surface area (Å²) in [4.78, 5) is 13.7. The Kier molecular flexibility index (Phi) is 5.73. The number of carbonyl (C=O) groups excluding carboxylic acids is 1. The molecule has 1 saturated heterocycles. The summed E-state index contributed by atoms with van der Waals surface area (Å²) in [5.41, 5.74) is 0.704. The van der Waals surface area contributed by atoms with Gasteiger partial charge in [0.15, 0.2) is 0 Å². The van der Waals surface area contributed by atoms with Gasteiger partial charge in [0.2, 0.25) is 0 Å². The van der Waals surface area contributed by atoms with E-state index in [1.165, 1.54) is 12.5 Å². The Morgan fingerprint density at radius 2 is 2.20 bits per heavy atom. The average molecular weight is 342 g/mol. The van der Waals surface area contributed by atoms with Crippen LogP contribution in [0.2, 0.25) is 0 Å². The van der Waals surface area contributed by atoms with E-state index in [1.54, 1.807) is 13.0 Å². The molecule has 1 unspecified atom stereocenters. The molecule has 0 aliphatic carbocycles. The molecule has 0 radical (unpaired) electrons. The van der Waals surface area contributed by atoms with Gasteiger partial charge in [-0.15, -0.1) is 0 Å². The number of nitrogens with zero attached hydrogens (tertiary/aromatic N) is 1. The number of ketones is 1. The van der Waals surface area contributed by atoms with Crippen LogP contribution in [0.5, 0.6) is 0 Å². The second-order valence-electron chi connectivity index (χ2n) is 5.62. The maximum atomic E-state index is 13.9. The van der Waals surface area contributed by atoms with Crippen LogP contribution in [0.3, 0.4) is 0 Å². The first-order chi connectivity index (χ1) is 9.56. The number of benzene rings is 1. The van der Waals surface area contributed by atoms with Crippen LogP contribution in [0.15, 0.2) is 22.7 Å². The molecule has 0 saturated carbocycles. The fourth-order valence-corrected chi connectivity index (χ4v) is 3.30. The molecule has 1 aromatic rings. The summed E-state index contributed by atoms with van der Waals surface area (Å²) < 4.78 is 14.8. The third-order valence-electron chi connectivity index (χ3n) is 3.90. The maximum absolute atomic E-state index is 13.9. The van der Waals surface area contributed by atoms with Crippen molar-refractivity contribution < 1.29 is 9.18 Å². The molecule has 0 N–H and O–H groups in total. The molecule has 0 bridgehead atoms. The quantitative estimate of drug-likeness (QED) is 0.813. The minimum atomic E-state index is -0.168. The number of likely N-dealkylation sites (tertiary alicyclic amines) is 1. The molecule has 20 heavy (non-hydrogen) atoms. The lowest BCUT2D eigenvalue weighted by Crippen LogP contribution is -2.35. The molecule has 0 aromatic heterocycles. The summed E-state index contributed by atoms with van der Waals surface area (Å²) >= 11 is 3.39. The van der Waals surface area contributed by atoms with Gasteiger partial charge >= 0.3 is 0 Å². The van der Waals surface area contributed by atoms with Gasteiger partial charge < -0.3 is 0 Å². The Morgan fingerprint density at radius 3 is 2.95 bits per heavy atom. The second kappa shape index (κ2) is 7.32. The Bertz CT molecular complexity index is 478. The van der Waals surface area contributed by atoms with E-state index >= 15 is 0 Å². The highest BCUT2D eigenvalue weighted by Crippen LogP contribution is 2.24. The number of rotatable bonds is 4. The van der Waals surface area contributed by atoms with Gasteiger partial charge in [-0.05, 0) is 44.5 Å². The summed E-state index contributed by atoms with van der Waals surface area (Å²) in [6.45, 7) is 3.18. The summed E-state index contributed by atoms with van der Waals surface area (Å²) in [6, 6.07) is 5.31. The molecule has 0 spiro atoms. The molecule has 1 aliphatic rings. The smallest absolute Gasteiger partial charge is 0.131 e. The zero-order chi connectivity index (χ0) is 14.5. The predicted octanol–water partition coefficient (Wildman–Crippen LogP) is 4.31. The van der Waals surface area contributed by atoms with Gasteiger partial charge in [-0.25, -0.2) is 4.39 Å². The molecule has 1 aromatic carbocycles. The number of hydrogen-bond acceptors (Lipinski definition) is 2. The van der Waals surface area contributed by atoms with E-state index in [0.717, 1.165) is 30.3 Å². The van der Waals surface area contributed by atoms with Crippen molar-refractivity contribution in [3.05, 3.63) is 34.1 Å². The normalized spacial score (nSPS) is 20.6. The van der Waals surface area contributed by atoms with Gasteiger partial charge in [0.25, 0.3) is 0 Å². The minimum Gasteiger partial charge on any atom is -0.300 e. The SMILES string of the molecule is CC(=O)CC1CCCCCN1Cc1cc(Br)ccc1F. The molecule has 1 heterocycles. The van der Waals surface area contributed by atoms with E-state index < -0.39 is 0 Å². The van der Waals surface area contributed by atoms with Crippen molar-refractivity contribution in [3.8, 4) is 0 Å². The zero-order valence-corrected chi connectivity index (χ0v) is 13.5. The monoisotopic (exact) mass is 341 g/mol. The van der Waals surface area contributed by atoms with E-state index in [9.17, 15) is 9.18 Å². The Hall–Kier alpha value is -0.740. The third kappa shape index (κ3) is 4.38. The Morgan fingerprint density at radius 1 is 1.40 bits per heavy atom. The van der Waals surface area contributed by atoms with Gasteiger partial charge in [-0.2, -0.15) is 0 Å². The third-order valence-corrected chi connectivity index (χ3v) is 4.40. The van der Waals surface area contributed by atoms with Gasteiger partial charge in [0.1, 0.15) is 11.6 Å². The molecular formula is C16H21BrFNO. The van der Waals surface area contributed by atoms with Crippen LogP contribution in [-0.2, 0) is 11.3 Å². The van der Waals surface area contributed by atoms with Crippen molar-refractivity contribution in [1.29, 1.82) is 0 Å². The number of Topliss-reactive ketones (excluding diaryl/α,β-unsaturated/α-hetero) is 1. The highest BCUT2D eigenvalue weighted by Gasteiger charge is 2.23. The standard InChI is InChI=1S/C16H21BrFNO/c1-12(20)9-15-5-3-2-4-8-19(15)11-13-10-14(17)6-7-16(13)18/h6-7,10,15H,2-5,8-9,11H2,1H3. The minimum absolute atomic E-state index is 0.168. The average Bonchev–Trinajstić information content (AvgIpc) is 2.59. The molecule has 1 atom stereocenters. The van der Waals surface area contributed by atoms with Crippen molar-refractivity contribution in [2.45, 2.75) is 51.6 Å². The number of carbonyl (C=O) groups is 1. The topological polar surface area (TPSA) is 20.3 Å². The zero-order valence-electron chi connectivity index (χ0n) is 11.9. The van der Waals surface area contributed by atoms with Crippen LogP contribution in [-0.4, -0.2) is 23.3 Å². The maximum Gasteiger partial charge on any atom is 0.131 e.